The minimum absolute atomic E-state index is 0.0402. The quantitative estimate of drug-likeness (QED) is 0.532. The number of aromatic amines is 1. The van der Waals surface area contributed by atoms with E-state index in [1.807, 2.05) is 0 Å². The maximum absolute atomic E-state index is 11.6. The molecule has 2 unspecified atom stereocenters. The molecule has 9 nitrogen and oxygen atoms in total. The number of methoxy groups -OCH3 is 1. The number of anilines is 1. The molecule has 9 heteroatoms. The van der Waals surface area contributed by atoms with E-state index in [0.29, 0.717) is 12.8 Å². The SMILES string of the molecule is COC(CO)CCC(O)n1cnc2c(=O)[nH]c(N)nc21. The van der Waals surface area contributed by atoms with Gasteiger partial charge in [0, 0.05) is 7.11 Å². The van der Waals surface area contributed by atoms with Crippen molar-refractivity contribution in [2.45, 2.75) is 25.2 Å². The van der Waals surface area contributed by atoms with Crippen LogP contribution in [0.5, 0.6) is 0 Å². The summed E-state index contributed by atoms with van der Waals surface area (Å²) in [5.41, 5.74) is 5.35. The maximum atomic E-state index is 11.6. The molecule has 2 atom stereocenters. The van der Waals surface area contributed by atoms with Gasteiger partial charge in [-0.1, -0.05) is 0 Å². The molecule has 0 bridgehead atoms. The van der Waals surface area contributed by atoms with Crippen molar-refractivity contribution in [1.82, 2.24) is 19.5 Å². The zero-order valence-electron chi connectivity index (χ0n) is 11.0. The number of ether oxygens (including phenoxy) is 1. The zero-order valence-corrected chi connectivity index (χ0v) is 11.0. The summed E-state index contributed by atoms with van der Waals surface area (Å²) in [4.78, 5) is 21.8. The van der Waals surface area contributed by atoms with Crippen LogP contribution in [0.4, 0.5) is 5.95 Å². The number of nitrogens with one attached hydrogen (secondary N) is 1. The van der Waals surface area contributed by atoms with Crippen LogP contribution in [-0.2, 0) is 4.74 Å². The Morgan fingerprint density at radius 2 is 2.30 bits per heavy atom. The summed E-state index contributed by atoms with van der Waals surface area (Å²) in [5, 5.41) is 19.1. The number of aromatic nitrogens is 4. The molecule has 2 aromatic rings. The summed E-state index contributed by atoms with van der Waals surface area (Å²) < 4.78 is 6.38. The number of hydrogen-bond donors (Lipinski definition) is 4. The molecule has 2 aromatic heterocycles. The van der Waals surface area contributed by atoms with Crippen LogP contribution in [0.25, 0.3) is 11.2 Å². The first-order valence-electron chi connectivity index (χ1n) is 6.10. The van der Waals surface area contributed by atoms with Crippen LogP contribution < -0.4 is 11.3 Å². The standard InChI is InChI=1S/C11H17N5O4/c1-20-6(4-17)2-3-7(18)16-5-13-8-9(16)14-11(12)15-10(8)19/h5-7,17-18H,2-4H2,1H3,(H3,12,14,15,19). The summed E-state index contributed by atoms with van der Waals surface area (Å²) in [6.07, 6.45) is 0.821. The molecule has 0 aliphatic carbocycles. The second kappa shape index (κ2) is 5.99. The molecule has 0 fully saturated rings. The van der Waals surface area contributed by atoms with E-state index < -0.39 is 11.8 Å². The Morgan fingerprint density at radius 3 is 2.95 bits per heavy atom. The van der Waals surface area contributed by atoms with Gasteiger partial charge in [0.05, 0.1) is 19.0 Å². The van der Waals surface area contributed by atoms with Gasteiger partial charge in [-0.05, 0) is 12.8 Å². The highest BCUT2D eigenvalue weighted by molar-refractivity contribution is 5.70. The lowest BCUT2D eigenvalue weighted by atomic mass is 10.2. The number of nitrogens with two attached hydrogens (primary N) is 1. The topological polar surface area (TPSA) is 139 Å². The third-order valence-electron chi connectivity index (χ3n) is 3.06. The van der Waals surface area contributed by atoms with Gasteiger partial charge in [0.2, 0.25) is 5.95 Å². The van der Waals surface area contributed by atoms with Crippen LogP contribution >= 0.6 is 0 Å². The predicted octanol–water partition coefficient (Wildman–Crippen LogP) is -1.02. The van der Waals surface area contributed by atoms with Gasteiger partial charge in [0.1, 0.15) is 6.23 Å². The Kier molecular flexibility index (Phi) is 4.32. The first-order valence-corrected chi connectivity index (χ1v) is 6.10. The number of nitrogen functional groups attached to an aromatic ring is 1. The molecule has 0 aliphatic heterocycles. The lowest BCUT2D eigenvalue weighted by Crippen LogP contribution is -2.19. The third kappa shape index (κ3) is 2.79. The largest absolute Gasteiger partial charge is 0.394 e. The monoisotopic (exact) mass is 283 g/mol. The number of rotatable bonds is 6. The second-order valence-corrected chi connectivity index (χ2v) is 4.37. The molecule has 0 radical (unpaired) electrons. The van der Waals surface area contributed by atoms with Crippen molar-refractivity contribution < 1.29 is 14.9 Å². The second-order valence-electron chi connectivity index (χ2n) is 4.37. The van der Waals surface area contributed by atoms with Crippen molar-refractivity contribution in [2.75, 3.05) is 19.5 Å². The van der Waals surface area contributed by atoms with Gasteiger partial charge >= 0.3 is 0 Å². The molecule has 0 aromatic carbocycles. The fourth-order valence-corrected chi connectivity index (χ4v) is 1.92. The van der Waals surface area contributed by atoms with Crippen LogP contribution in [0.15, 0.2) is 11.1 Å². The fourth-order valence-electron chi connectivity index (χ4n) is 1.92. The number of hydrogen-bond acceptors (Lipinski definition) is 7. The highest BCUT2D eigenvalue weighted by Crippen LogP contribution is 2.17. The molecule has 110 valence electrons. The van der Waals surface area contributed by atoms with E-state index in [2.05, 4.69) is 15.0 Å². The highest BCUT2D eigenvalue weighted by Gasteiger charge is 2.16. The predicted molar refractivity (Wildman–Crippen MR) is 70.9 cm³/mol. The van der Waals surface area contributed by atoms with E-state index in [4.69, 9.17) is 15.6 Å². The summed E-state index contributed by atoms with van der Waals surface area (Å²) in [6, 6.07) is 0. The number of H-pyrrole nitrogens is 1. The average molecular weight is 283 g/mol. The first kappa shape index (κ1) is 14.4. The number of aliphatic hydroxyl groups is 2. The van der Waals surface area contributed by atoms with Gasteiger partial charge < -0.3 is 20.7 Å². The van der Waals surface area contributed by atoms with Crippen LogP contribution in [-0.4, -0.2) is 49.6 Å². The van der Waals surface area contributed by atoms with Crippen LogP contribution in [0.3, 0.4) is 0 Å². The molecule has 0 aliphatic rings. The average Bonchev–Trinajstić information content (AvgIpc) is 2.83. The van der Waals surface area contributed by atoms with Gasteiger partial charge in [-0.2, -0.15) is 4.98 Å². The zero-order chi connectivity index (χ0) is 14.7. The maximum Gasteiger partial charge on any atom is 0.280 e. The van der Waals surface area contributed by atoms with Gasteiger partial charge in [-0.15, -0.1) is 0 Å². The van der Waals surface area contributed by atoms with Crippen molar-refractivity contribution in [1.29, 1.82) is 0 Å². The molecule has 2 heterocycles. The molecule has 0 spiro atoms. The van der Waals surface area contributed by atoms with Crippen molar-refractivity contribution in [3.8, 4) is 0 Å². The smallest absolute Gasteiger partial charge is 0.280 e. The Bertz CT molecular complexity index is 633. The Labute approximate surface area is 114 Å². The van der Waals surface area contributed by atoms with Crippen molar-refractivity contribution >= 4 is 17.1 Å². The van der Waals surface area contributed by atoms with Gasteiger partial charge in [0.25, 0.3) is 5.56 Å². The summed E-state index contributed by atoms with van der Waals surface area (Å²) in [6.45, 7) is -0.126. The lowest BCUT2D eigenvalue weighted by molar-refractivity contribution is 0.0199. The minimum Gasteiger partial charge on any atom is -0.394 e. The third-order valence-corrected chi connectivity index (χ3v) is 3.06. The highest BCUT2D eigenvalue weighted by atomic mass is 16.5. The van der Waals surface area contributed by atoms with Crippen LogP contribution in [0, 0.1) is 0 Å². The van der Waals surface area contributed by atoms with E-state index in [-0.39, 0.29) is 29.8 Å². The van der Waals surface area contributed by atoms with Crippen LogP contribution in [0.1, 0.15) is 19.1 Å². The van der Waals surface area contributed by atoms with Gasteiger partial charge in [-0.3, -0.25) is 14.3 Å². The summed E-state index contributed by atoms with van der Waals surface area (Å²) in [7, 11) is 1.49. The minimum atomic E-state index is -0.933. The Balaban J connectivity index is 2.22. The number of fused-ring (bicyclic) bond motifs is 1. The number of aliphatic hydroxyl groups excluding tert-OH is 2. The van der Waals surface area contributed by atoms with E-state index in [1.54, 1.807) is 0 Å². The molecule has 20 heavy (non-hydrogen) atoms. The molecular formula is C11H17N5O4. The molecule has 0 saturated carbocycles. The van der Waals surface area contributed by atoms with E-state index >= 15 is 0 Å². The Hall–Kier alpha value is -1.97. The lowest BCUT2D eigenvalue weighted by Gasteiger charge is -2.16. The van der Waals surface area contributed by atoms with E-state index in [1.165, 1.54) is 18.0 Å². The van der Waals surface area contributed by atoms with Crippen molar-refractivity contribution in [2.24, 2.45) is 0 Å². The molecule has 5 N–H and O–H groups in total. The van der Waals surface area contributed by atoms with Gasteiger partial charge in [0.15, 0.2) is 11.2 Å². The molecule has 0 saturated heterocycles. The van der Waals surface area contributed by atoms with Gasteiger partial charge in [-0.25, -0.2) is 4.98 Å². The normalized spacial score (nSPS) is 14.6. The van der Waals surface area contributed by atoms with E-state index in [9.17, 15) is 9.90 Å². The summed E-state index contributed by atoms with van der Waals surface area (Å²) in [5.74, 6) is -0.0402. The Morgan fingerprint density at radius 1 is 1.55 bits per heavy atom. The molecule has 2 rings (SSSR count). The van der Waals surface area contributed by atoms with Crippen LogP contribution in [0.2, 0.25) is 0 Å². The first-order chi connectivity index (χ1) is 9.56. The van der Waals surface area contributed by atoms with Crippen molar-refractivity contribution in [3.63, 3.8) is 0 Å². The fraction of sp³-hybridized carbons (Fsp3) is 0.545. The van der Waals surface area contributed by atoms with Crippen molar-refractivity contribution in [3.05, 3.63) is 16.7 Å². The molecular weight excluding hydrogens is 266 g/mol. The van der Waals surface area contributed by atoms with E-state index in [0.717, 1.165) is 0 Å². The summed E-state index contributed by atoms with van der Waals surface area (Å²) >= 11 is 0. The molecule has 0 amide bonds. The number of nitrogens with zero attached hydrogens (tertiary/aromatic N) is 3. The number of imidazole rings is 1.